The lowest BCUT2D eigenvalue weighted by Crippen LogP contribution is -2.51. The van der Waals surface area contributed by atoms with Gasteiger partial charge in [0.25, 0.3) is 0 Å². The van der Waals surface area contributed by atoms with Crippen LogP contribution in [0.1, 0.15) is 44.6 Å². The van der Waals surface area contributed by atoms with Gasteiger partial charge in [-0.1, -0.05) is 44.2 Å². The highest BCUT2D eigenvalue weighted by Crippen LogP contribution is 2.63. The normalized spacial score (nSPS) is 37.1. The van der Waals surface area contributed by atoms with Gasteiger partial charge in [-0.3, -0.25) is 0 Å². The summed E-state index contributed by atoms with van der Waals surface area (Å²) in [6, 6.07) is 11.1. The third-order valence-electron chi connectivity index (χ3n) is 5.09. The molecule has 1 aromatic carbocycles. The second-order valence-corrected chi connectivity index (χ2v) is 5.96. The van der Waals surface area contributed by atoms with Crippen molar-refractivity contribution in [1.82, 2.24) is 0 Å². The summed E-state index contributed by atoms with van der Waals surface area (Å²) in [6.07, 6.45) is 4.35. The Bertz CT molecular complexity index is 348. The molecule has 3 fully saturated rings. The number of hydrogen-bond acceptors (Lipinski definition) is 0. The second kappa shape index (κ2) is 3.10. The maximum atomic E-state index is 2.47. The number of benzene rings is 1. The molecular weight excluding hydrogens is 180 g/mol. The number of hydrogen-bond donors (Lipinski definition) is 0. The first-order valence-electron chi connectivity index (χ1n) is 6.24. The highest BCUT2D eigenvalue weighted by molar-refractivity contribution is 5.24. The van der Waals surface area contributed by atoms with Gasteiger partial charge in [-0.05, 0) is 48.0 Å². The molecule has 2 bridgehead atoms. The highest BCUT2D eigenvalue weighted by atomic mass is 14.6. The van der Waals surface area contributed by atoms with Gasteiger partial charge in [-0.2, -0.15) is 0 Å². The van der Waals surface area contributed by atoms with E-state index in [-0.39, 0.29) is 0 Å². The fourth-order valence-corrected chi connectivity index (χ4v) is 3.91. The summed E-state index contributed by atoms with van der Waals surface area (Å²) in [6.45, 7) is 4.95. The molecule has 0 heteroatoms. The first-order chi connectivity index (χ1) is 7.19. The predicted molar refractivity (Wildman–Crippen MR) is 63.8 cm³/mol. The smallest absolute Gasteiger partial charge is 0.0128 e. The molecule has 15 heavy (non-hydrogen) atoms. The van der Waals surface area contributed by atoms with Crippen LogP contribution in [-0.2, 0) is 0 Å². The standard InChI is InChI=1S/C15H20/c1-15(2)12-8-9-13(14(15)10-12)11-6-4-3-5-7-11/h3-7,12-14H,8-10H2,1-2H3/t12-,13+,14-/m0/s1. The van der Waals surface area contributed by atoms with E-state index in [4.69, 9.17) is 0 Å². The van der Waals surface area contributed by atoms with Gasteiger partial charge < -0.3 is 0 Å². The second-order valence-electron chi connectivity index (χ2n) is 5.96. The van der Waals surface area contributed by atoms with E-state index >= 15 is 0 Å². The van der Waals surface area contributed by atoms with Crippen LogP contribution >= 0.6 is 0 Å². The Hall–Kier alpha value is -0.780. The van der Waals surface area contributed by atoms with Crippen molar-refractivity contribution in [2.24, 2.45) is 17.3 Å². The molecule has 0 aromatic heterocycles. The number of fused-ring (bicyclic) bond motifs is 2. The third-order valence-corrected chi connectivity index (χ3v) is 5.09. The summed E-state index contributed by atoms with van der Waals surface area (Å²) < 4.78 is 0. The topological polar surface area (TPSA) is 0 Å². The Morgan fingerprint density at radius 3 is 2.40 bits per heavy atom. The molecule has 0 aliphatic heterocycles. The third kappa shape index (κ3) is 1.27. The lowest BCUT2D eigenvalue weighted by molar-refractivity contribution is -0.0805. The summed E-state index contributed by atoms with van der Waals surface area (Å²) in [5.74, 6) is 2.80. The van der Waals surface area contributed by atoms with E-state index in [0.29, 0.717) is 5.41 Å². The maximum absolute atomic E-state index is 2.47. The largest absolute Gasteiger partial charge is 0.0622 e. The van der Waals surface area contributed by atoms with Gasteiger partial charge in [0.1, 0.15) is 0 Å². The lowest BCUT2D eigenvalue weighted by atomic mass is 9.45. The van der Waals surface area contributed by atoms with Gasteiger partial charge >= 0.3 is 0 Å². The molecule has 3 aliphatic rings. The van der Waals surface area contributed by atoms with Crippen molar-refractivity contribution in [3.8, 4) is 0 Å². The lowest BCUT2D eigenvalue weighted by Gasteiger charge is -2.60. The Labute approximate surface area is 92.7 Å². The van der Waals surface area contributed by atoms with Gasteiger partial charge in [0.2, 0.25) is 0 Å². The van der Waals surface area contributed by atoms with Gasteiger partial charge in [-0.25, -0.2) is 0 Å². The van der Waals surface area contributed by atoms with E-state index < -0.39 is 0 Å². The highest BCUT2D eigenvalue weighted by Gasteiger charge is 2.54. The van der Waals surface area contributed by atoms with Gasteiger partial charge in [-0.15, -0.1) is 0 Å². The average molecular weight is 200 g/mol. The molecule has 4 rings (SSSR count). The molecule has 0 radical (unpaired) electrons. The van der Waals surface area contributed by atoms with Crippen LogP contribution in [0.3, 0.4) is 0 Å². The zero-order chi connectivity index (χ0) is 10.5. The molecular formula is C15H20. The molecule has 0 nitrogen and oxygen atoms in total. The number of rotatable bonds is 1. The molecule has 80 valence electrons. The monoisotopic (exact) mass is 200 g/mol. The minimum Gasteiger partial charge on any atom is -0.0622 e. The van der Waals surface area contributed by atoms with E-state index in [2.05, 4.69) is 44.2 Å². The summed E-state index contributed by atoms with van der Waals surface area (Å²) in [5, 5.41) is 0. The van der Waals surface area contributed by atoms with Crippen molar-refractivity contribution in [2.75, 3.05) is 0 Å². The maximum Gasteiger partial charge on any atom is -0.0128 e. The summed E-state index contributed by atoms with van der Waals surface area (Å²) in [7, 11) is 0. The molecule has 0 N–H and O–H groups in total. The van der Waals surface area contributed by atoms with E-state index in [1.165, 1.54) is 19.3 Å². The summed E-state index contributed by atoms with van der Waals surface area (Å²) >= 11 is 0. The van der Waals surface area contributed by atoms with Gasteiger partial charge in [0.05, 0.1) is 0 Å². The zero-order valence-electron chi connectivity index (χ0n) is 9.74. The van der Waals surface area contributed by atoms with Crippen molar-refractivity contribution in [3.05, 3.63) is 35.9 Å². The van der Waals surface area contributed by atoms with E-state index in [0.717, 1.165) is 17.8 Å². The molecule has 3 atom stereocenters. The van der Waals surface area contributed by atoms with Crippen LogP contribution in [0.5, 0.6) is 0 Å². The first-order valence-corrected chi connectivity index (χ1v) is 6.24. The molecule has 0 saturated heterocycles. The van der Waals surface area contributed by atoms with Crippen molar-refractivity contribution in [2.45, 2.75) is 39.0 Å². The van der Waals surface area contributed by atoms with Crippen LogP contribution in [0.4, 0.5) is 0 Å². The minimum atomic E-state index is 0.610. The van der Waals surface area contributed by atoms with Crippen molar-refractivity contribution in [3.63, 3.8) is 0 Å². The fraction of sp³-hybridized carbons (Fsp3) is 0.600. The summed E-state index contributed by atoms with van der Waals surface area (Å²) in [4.78, 5) is 0. The predicted octanol–water partition coefficient (Wildman–Crippen LogP) is 4.23. The Kier molecular flexibility index (Phi) is 1.95. The molecule has 0 heterocycles. The van der Waals surface area contributed by atoms with Crippen LogP contribution in [0.25, 0.3) is 0 Å². The molecule has 3 aliphatic carbocycles. The van der Waals surface area contributed by atoms with Gasteiger partial charge in [0, 0.05) is 0 Å². The fourth-order valence-electron chi connectivity index (χ4n) is 3.91. The van der Waals surface area contributed by atoms with Crippen LogP contribution < -0.4 is 0 Å². The van der Waals surface area contributed by atoms with Crippen molar-refractivity contribution < 1.29 is 0 Å². The summed E-state index contributed by atoms with van der Waals surface area (Å²) in [5.41, 5.74) is 2.19. The Balaban J connectivity index is 1.89. The van der Waals surface area contributed by atoms with Crippen LogP contribution in [0, 0.1) is 17.3 Å². The van der Waals surface area contributed by atoms with Crippen LogP contribution in [-0.4, -0.2) is 0 Å². The SMILES string of the molecule is CC1(C)[C@H]2CC[C@H](c3ccccc3)[C@@H]1C2. The average Bonchev–Trinajstić information content (AvgIpc) is 2.30. The van der Waals surface area contributed by atoms with E-state index in [1.54, 1.807) is 5.56 Å². The van der Waals surface area contributed by atoms with E-state index in [1.807, 2.05) is 0 Å². The minimum absolute atomic E-state index is 0.610. The van der Waals surface area contributed by atoms with E-state index in [9.17, 15) is 0 Å². The molecule has 0 spiro atoms. The Morgan fingerprint density at radius 2 is 1.80 bits per heavy atom. The first kappa shape index (κ1) is 9.45. The van der Waals surface area contributed by atoms with Gasteiger partial charge in [0.15, 0.2) is 0 Å². The molecule has 0 unspecified atom stereocenters. The molecule has 1 aromatic rings. The van der Waals surface area contributed by atoms with Crippen LogP contribution in [0.15, 0.2) is 30.3 Å². The zero-order valence-corrected chi connectivity index (χ0v) is 9.74. The van der Waals surface area contributed by atoms with Crippen LogP contribution in [0.2, 0.25) is 0 Å². The van der Waals surface area contributed by atoms with Crippen molar-refractivity contribution in [1.29, 1.82) is 0 Å². The van der Waals surface area contributed by atoms with Crippen molar-refractivity contribution >= 4 is 0 Å². The molecule has 0 amide bonds. The Morgan fingerprint density at radius 1 is 1.07 bits per heavy atom. The quantitative estimate of drug-likeness (QED) is 0.636. The molecule has 3 saturated carbocycles.